The van der Waals surface area contributed by atoms with Crippen molar-refractivity contribution in [3.05, 3.63) is 47.2 Å². The van der Waals surface area contributed by atoms with Crippen molar-refractivity contribution in [3.63, 3.8) is 0 Å². The molecule has 0 aliphatic heterocycles. The summed E-state index contributed by atoms with van der Waals surface area (Å²) in [5.74, 6) is 0.165. The minimum absolute atomic E-state index is 0.0333. The lowest BCUT2D eigenvalue weighted by Crippen LogP contribution is -2.19. The van der Waals surface area contributed by atoms with Gasteiger partial charge < -0.3 is 5.32 Å². The smallest absolute Gasteiger partial charge is 0.232 e. The van der Waals surface area contributed by atoms with Crippen LogP contribution in [0.5, 0.6) is 0 Å². The van der Waals surface area contributed by atoms with E-state index in [1.165, 1.54) is 0 Å². The number of aromatic nitrogens is 2. The van der Waals surface area contributed by atoms with Crippen LogP contribution in [0.3, 0.4) is 0 Å². The molecule has 122 valence electrons. The maximum Gasteiger partial charge on any atom is 0.232 e. The summed E-state index contributed by atoms with van der Waals surface area (Å²) in [7, 11) is 0. The van der Waals surface area contributed by atoms with Crippen molar-refractivity contribution in [2.45, 2.75) is 40.0 Å². The number of ketones is 1. The van der Waals surface area contributed by atoms with E-state index in [-0.39, 0.29) is 23.5 Å². The number of hydrogen-bond acceptors (Lipinski definition) is 3. The van der Waals surface area contributed by atoms with Crippen molar-refractivity contribution in [2.75, 3.05) is 5.32 Å². The van der Waals surface area contributed by atoms with E-state index in [1.807, 2.05) is 45.9 Å². The maximum atomic E-state index is 12.3. The van der Waals surface area contributed by atoms with Crippen molar-refractivity contribution in [2.24, 2.45) is 5.92 Å². The summed E-state index contributed by atoms with van der Waals surface area (Å²) in [5, 5.41) is 9.73. The number of nitrogens with zero attached hydrogens (tertiary/aromatic N) is 1. The summed E-state index contributed by atoms with van der Waals surface area (Å²) < 4.78 is 0. The molecule has 23 heavy (non-hydrogen) atoms. The van der Waals surface area contributed by atoms with E-state index in [0.29, 0.717) is 11.4 Å². The highest BCUT2D eigenvalue weighted by Gasteiger charge is 2.17. The fourth-order valence-electron chi connectivity index (χ4n) is 2.26. The Hall–Kier alpha value is -2.43. The molecule has 1 heterocycles. The summed E-state index contributed by atoms with van der Waals surface area (Å²) in [4.78, 5) is 24.2. The number of aromatic amines is 1. The fourth-order valence-corrected chi connectivity index (χ4v) is 2.26. The monoisotopic (exact) mass is 313 g/mol. The van der Waals surface area contributed by atoms with Gasteiger partial charge in [-0.05, 0) is 18.9 Å². The van der Waals surface area contributed by atoms with Crippen LogP contribution in [0.1, 0.15) is 55.2 Å². The van der Waals surface area contributed by atoms with Gasteiger partial charge in [-0.3, -0.25) is 14.7 Å². The molecule has 0 saturated carbocycles. The van der Waals surface area contributed by atoms with Crippen molar-refractivity contribution < 1.29 is 9.59 Å². The van der Waals surface area contributed by atoms with Gasteiger partial charge in [0, 0.05) is 23.2 Å². The standard InChI is InChI=1S/C18H23N3O2/c1-5-15-10-16(21-20-15)19-18(23)12(4)13-6-8-14(9-7-13)17(22)11(2)3/h6-12H,5H2,1-4H3,(H2,19,20,21,23). The number of amides is 1. The van der Waals surface area contributed by atoms with Crippen LogP contribution in [0, 0.1) is 5.92 Å². The molecular weight excluding hydrogens is 290 g/mol. The van der Waals surface area contributed by atoms with Crippen LogP contribution >= 0.6 is 0 Å². The van der Waals surface area contributed by atoms with E-state index in [0.717, 1.165) is 17.7 Å². The van der Waals surface area contributed by atoms with Crippen LogP contribution < -0.4 is 5.32 Å². The number of benzene rings is 1. The minimum atomic E-state index is -0.319. The lowest BCUT2D eigenvalue weighted by molar-refractivity contribution is -0.117. The Bertz CT molecular complexity index is 687. The summed E-state index contributed by atoms with van der Waals surface area (Å²) >= 11 is 0. The summed E-state index contributed by atoms with van der Waals surface area (Å²) in [5.41, 5.74) is 2.52. The van der Waals surface area contributed by atoms with Crippen LogP contribution in [0.2, 0.25) is 0 Å². The average molecular weight is 313 g/mol. The van der Waals surface area contributed by atoms with Gasteiger partial charge >= 0.3 is 0 Å². The second-order valence-electron chi connectivity index (χ2n) is 5.98. The molecule has 0 aliphatic carbocycles. The van der Waals surface area contributed by atoms with Crippen molar-refractivity contribution >= 4 is 17.5 Å². The topological polar surface area (TPSA) is 74.8 Å². The SMILES string of the molecule is CCc1cc(NC(=O)C(C)c2ccc(C(=O)C(C)C)cc2)n[nH]1. The highest BCUT2D eigenvalue weighted by Crippen LogP contribution is 2.19. The third-order valence-corrected chi connectivity index (χ3v) is 3.88. The van der Waals surface area contributed by atoms with Crippen molar-refractivity contribution in [1.82, 2.24) is 10.2 Å². The molecule has 1 aromatic heterocycles. The minimum Gasteiger partial charge on any atom is -0.309 e. The van der Waals surface area contributed by atoms with Crippen LogP contribution in [-0.2, 0) is 11.2 Å². The van der Waals surface area contributed by atoms with Gasteiger partial charge in [0.15, 0.2) is 11.6 Å². The lowest BCUT2D eigenvalue weighted by atomic mass is 9.95. The molecule has 0 bridgehead atoms. The molecular formula is C18H23N3O2. The number of carbonyl (C=O) groups is 2. The average Bonchev–Trinajstić information content (AvgIpc) is 3.01. The van der Waals surface area contributed by atoms with Crippen LogP contribution in [0.25, 0.3) is 0 Å². The number of aryl methyl sites for hydroxylation is 1. The Morgan fingerprint density at radius 3 is 2.35 bits per heavy atom. The normalized spacial score (nSPS) is 12.2. The van der Waals surface area contributed by atoms with Gasteiger partial charge in [0.05, 0.1) is 5.92 Å². The number of carbonyl (C=O) groups excluding carboxylic acids is 2. The van der Waals surface area contributed by atoms with Gasteiger partial charge in [-0.1, -0.05) is 45.0 Å². The predicted molar refractivity (Wildman–Crippen MR) is 90.6 cm³/mol. The highest BCUT2D eigenvalue weighted by atomic mass is 16.2. The number of H-pyrrole nitrogens is 1. The van der Waals surface area contributed by atoms with Crippen LogP contribution in [0.4, 0.5) is 5.82 Å². The van der Waals surface area contributed by atoms with E-state index in [1.54, 1.807) is 12.1 Å². The van der Waals surface area contributed by atoms with E-state index in [2.05, 4.69) is 15.5 Å². The zero-order valence-electron chi connectivity index (χ0n) is 14.0. The van der Waals surface area contributed by atoms with Gasteiger partial charge in [0.25, 0.3) is 0 Å². The Morgan fingerprint density at radius 2 is 1.83 bits per heavy atom. The Balaban J connectivity index is 2.05. The third-order valence-electron chi connectivity index (χ3n) is 3.88. The number of nitrogens with one attached hydrogen (secondary N) is 2. The number of Topliss-reactive ketones (excluding diaryl/α,β-unsaturated/α-hetero) is 1. The number of rotatable bonds is 6. The third kappa shape index (κ3) is 4.06. The largest absolute Gasteiger partial charge is 0.309 e. The number of anilines is 1. The van der Waals surface area contributed by atoms with Gasteiger partial charge in [0.2, 0.25) is 5.91 Å². The summed E-state index contributed by atoms with van der Waals surface area (Å²) in [6, 6.07) is 9.06. The molecule has 1 unspecified atom stereocenters. The van der Waals surface area contributed by atoms with Crippen LogP contribution in [0.15, 0.2) is 30.3 Å². The molecule has 5 heteroatoms. The molecule has 0 fully saturated rings. The van der Waals surface area contributed by atoms with Crippen LogP contribution in [-0.4, -0.2) is 21.9 Å². The molecule has 0 radical (unpaired) electrons. The summed E-state index contributed by atoms with van der Waals surface area (Å²) in [6.45, 7) is 7.60. The van der Waals surface area contributed by atoms with E-state index in [4.69, 9.17) is 0 Å². The first-order valence-corrected chi connectivity index (χ1v) is 7.91. The first kappa shape index (κ1) is 16.9. The zero-order valence-corrected chi connectivity index (χ0v) is 14.0. The number of hydrogen-bond donors (Lipinski definition) is 2. The molecule has 0 saturated heterocycles. The molecule has 1 atom stereocenters. The van der Waals surface area contributed by atoms with Crippen molar-refractivity contribution in [3.8, 4) is 0 Å². The summed E-state index contributed by atoms with van der Waals surface area (Å²) in [6.07, 6.45) is 0.837. The van der Waals surface area contributed by atoms with E-state index in [9.17, 15) is 9.59 Å². The fraction of sp³-hybridized carbons (Fsp3) is 0.389. The molecule has 2 N–H and O–H groups in total. The van der Waals surface area contributed by atoms with Crippen molar-refractivity contribution in [1.29, 1.82) is 0 Å². The second-order valence-corrected chi connectivity index (χ2v) is 5.98. The molecule has 1 aromatic carbocycles. The molecule has 1 amide bonds. The van der Waals surface area contributed by atoms with E-state index >= 15 is 0 Å². The van der Waals surface area contributed by atoms with Gasteiger partial charge in [-0.25, -0.2) is 0 Å². The lowest BCUT2D eigenvalue weighted by Gasteiger charge is -2.12. The predicted octanol–water partition coefficient (Wildman–Crippen LogP) is 3.55. The second kappa shape index (κ2) is 7.22. The first-order valence-electron chi connectivity index (χ1n) is 7.91. The van der Waals surface area contributed by atoms with Gasteiger partial charge in [0.1, 0.15) is 0 Å². The molecule has 5 nitrogen and oxygen atoms in total. The quantitative estimate of drug-likeness (QED) is 0.801. The molecule has 2 aromatic rings. The molecule has 2 rings (SSSR count). The zero-order chi connectivity index (χ0) is 17.0. The van der Waals surface area contributed by atoms with Gasteiger partial charge in [-0.15, -0.1) is 0 Å². The Morgan fingerprint density at radius 1 is 1.17 bits per heavy atom. The highest BCUT2D eigenvalue weighted by molar-refractivity contribution is 5.98. The maximum absolute atomic E-state index is 12.3. The molecule has 0 aliphatic rings. The molecule has 0 spiro atoms. The first-order chi connectivity index (χ1) is 10.9. The Labute approximate surface area is 136 Å². The van der Waals surface area contributed by atoms with E-state index < -0.39 is 0 Å². The van der Waals surface area contributed by atoms with Gasteiger partial charge in [-0.2, -0.15) is 5.10 Å². The Kier molecular flexibility index (Phi) is 5.32.